The average Bonchev–Trinajstić information content (AvgIpc) is 2.66. The second-order valence-corrected chi connectivity index (χ2v) is 6.33. The Morgan fingerprint density at radius 1 is 0.880 bits per heavy atom. The number of hydrogen-bond acceptors (Lipinski definition) is 3. The molecule has 3 rings (SSSR count). The van der Waals surface area contributed by atoms with Crippen LogP contribution >= 0.6 is 0 Å². The highest BCUT2D eigenvalue weighted by molar-refractivity contribution is 5.75. The summed E-state index contributed by atoms with van der Waals surface area (Å²) in [6, 6.07) is 16.2. The lowest BCUT2D eigenvalue weighted by molar-refractivity contribution is -0.139. The van der Waals surface area contributed by atoms with Gasteiger partial charge in [0.2, 0.25) is 0 Å². The lowest BCUT2D eigenvalue weighted by Gasteiger charge is -2.32. The van der Waals surface area contributed by atoms with Crippen LogP contribution in [0, 0.1) is 19.8 Å². The summed E-state index contributed by atoms with van der Waals surface area (Å²) in [7, 11) is 0. The van der Waals surface area contributed by atoms with E-state index in [9.17, 15) is 4.79 Å². The molecule has 0 unspecified atom stereocenters. The topological polar surface area (TPSA) is 29.5 Å². The van der Waals surface area contributed by atoms with Gasteiger partial charge in [-0.05, 0) is 51.0 Å². The summed E-state index contributed by atoms with van der Waals surface area (Å²) < 4.78 is 5.51. The standard InChI is InChI=1S/C20H23NO2.C2H6/c1-15-3-7-18(8-4-15)21-13-11-17(12-14-21)20(22)23-19-9-5-16(2)6-10-19;1-2/h3-10,17H,11-14H2,1-2H3;1-2H3. The SMILES string of the molecule is CC.Cc1ccc(OC(=O)C2CCN(c3ccc(C)cc3)CC2)cc1. The van der Waals surface area contributed by atoms with Crippen molar-refractivity contribution in [3.63, 3.8) is 0 Å². The van der Waals surface area contributed by atoms with Crippen LogP contribution in [0.25, 0.3) is 0 Å². The lowest BCUT2D eigenvalue weighted by atomic mass is 9.96. The molecule has 3 heteroatoms. The van der Waals surface area contributed by atoms with E-state index in [1.165, 1.54) is 11.3 Å². The molecule has 0 aliphatic carbocycles. The van der Waals surface area contributed by atoms with Gasteiger partial charge in [0, 0.05) is 18.8 Å². The van der Waals surface area contributed by atoms with Gasteiger partial charge in [0.05, 0.1) is 5.92 Å². The molecule has 1 heterocycles. The van der Waals surface area contributed by atoms with Gasteiger partial charge in [0.1, 0.15) is 5.75 Å². The molecular formula is C22H29NO2. The Morgan fingerprint density at radius 3 is 1.88 bits per heavy atom. The third kappa shape index (κ3) is 5.35. The molecule has 0 spiro atoms. The number of rotatable bonds is 3. The molecule has 0 N–H and O–H groups in total. The van der Waals surface area contributed by atoms with E-state index < -0.39 is 0 Å². The van der Waals surface area contributed by atoms with Crippen LogP contribution in [0.1, 0.15) is 37.8 Å². The Bertz CT molecular complexity index is 653. The van der Waals surface area contributed by atoms with Crippen molar-refractivity contribution >= 4 is 11.7 Å². The summed E-state index contributed by atoms with van der Waals surface area (Å²) >= 11 is 0. The predicted molar refractivity (Wildman–Crippen MR) is 104 cm³/mol. The van der Waals surface area contributed by atoms with Crippen LogP contribution in [0.3, 0.4) is 0 Å². The number of piperidine rings is 1. The number of nitrogens with zero attached hydrogens (tertiary/aromatic N) is 1. The van der Waals surface area contributed by atoms with Crippen molar-refractivity contribution in [1.29, 1.82) is 0 Å². The van der Waals surface area contributed by atoms with Crippen molar-refractivity contribution < 1.29 is 9.53 Å². The van der Waals surface area contributed by atoms with Crippen molar-refractivity contribution in [1.82, 2.24) is 0 Å². The molecule has 0 aromatic heterocycles. The predicted octanol–water partition coefficient (Wildman–Crippen LogP) is 5.15. The fraction of sp³-hybridized carbons (Fsp3) is 0.409. The highest BCUT2D eigenvalue weighted by atomic mass is 16.5. The third-order valence-corrected chi connectivity index (χ3v) is 4.47. The Morgan fingerprint density at radius 2 is 1.36 bits per heavy atom. The van der Waals surface area contributed by atoms with Crippen LogP contribution in [0.15, 0.2) is 48.5 Å². The van der Waals surface area contributed by atoms with E-state index in [0.717, 1.165) is 31.5 Å². The van der Waals surface area contributed by atoms with Crippen LogP contribution in [0.2, 0.25) is 0 Å². The van der Waals surface area contributed by atoms with Gasteiger partial charge in [-0.3, -0.25) is 4.79 Å². The third-order valence-electron chi connectivity index (χ3n) is 4.47. The summed E-state index contributed by atoms with van der Waals surface area (Å²) in [5.74, 6) is 0.539. The first-order valence-electron chi connectivity index (χ1n) is 9.22. The summed E-state index contributed by atoms with van der Waals surface area (Å²) in [5, 5.41) is 0. The van der Waals surface area contributed by atoms with Gasteiger partial charge in [-0.25, -0.2) is 0 Å². The van der Waals surface area contributed by atoms with E-state index in [4.69, 9.17) is 4.74 Å². The Balaban J connectivity index is 0.00000109. The van der Waals surface area contributed by atoms with Gasteiger partial charge in [0.25, 0.3) is 0 Å². The zero-order valence-electron chi connectivity index (χ0n) is 15.8. The highest BCUT2D eigenvalue weighted by Gasteiger charge is 2.26. The van der Waals surface area contributed by atoms with Crippen molar-refractivity contribution in [3.8, 4) is 5.75 Å². The minimum atomic E-state index is -0.0996. The number of carbonyl (C=O) groups is 1. The molecule has 3 nitrogen and oxygen atoms in total. The summed E-state index contributed by atoms with van der Waals surface area (Å²) in [4.78, 5) is 14.6. The average molecular weight is 339 g/mol. The molecule has 0 amide bonds. The van der Waals surface area contributed by atoms with Gasteiger partial charge >= 0.3 is 5.97 Å². The molecular weight excluding hydrogens is 310 g/mol. The van der Waals surface area contributed by atoms with Crippen LogP contribution < -0.4 is 9.64 Å². The molecule has 0 radical (unpaired) electrons. The number of anilines is 1. The van der Waals surface area contributed by atoms with Gasteiger partial charge < -0.3 is 9.64 Å². The van der Waals surface area contributed by atoms with Gasteiger partial charge in [0.15, 0.2) is 0 Å². The van der Waals surface area contributed by atoms with E-state index in [-0.39, 0.29) is 11.9 Å². The van der Waals surface area contributed by atoms with Gasteiger partial charge in [-0.15, -0.1) is 0 Å². The van der Waals surface area contributed by atoms with Crippen molar-refractivity contribution in [2.45, 2.75) is 40.5 Å². The number of esters is 1. The molecule has 1 saturated heterocycles. The zero-order chi connectivity index (χ0) is 18.2. The second kappa shape index (κ2) is 9.26. The molecule has 2 aromatic rings. The van der Waals surface area contributed by atoms with E-state index in [1.54, 1.807) is 0 Å². The molecule has 0 saturated carbocycles. The maximum absolute atomic E-state index is 12.3. The molecule has 0 atom stereocenters. The number of hydrogen-bond donors (Lipinski definition) is 0. The molecule has 25 heavy (non-hydrogen) atoms. The maximum Gasteiger partial charge on any atom is 0.314 e. The number of benzene rings is 2. The second-order valence-electron chi connectivity index (χ2n) is 6.33. The monoisotopic (exact) mass is 339 g/mol. The summed E-state index contributed by atoms with van der Waals surface area (Å²) in [6.07, 6.45) is 1.69. The highest BCUT2D eigenvalue weighted by Crippen LogP contribution is 2.25. The fourth-order valence-electron chi connectivity index (χ4n) is 2.93. The van der Waals surface area contributed by atoms with Crippen LogP contribution in [0.5, 0.6) is 5.75 Å². The largest absolute Gasteiger partial charge is 0.426 e. The van der Waals surface area contributed by atoms with Crippen LogP contribution in [-0.2, 0) is 4.79 Å². The smallest absolute Gasteiger partial charge is 0.314 e. The molecule has 1 aliphatic rings. The molecule has 0 bridgehead atoms. The molecule has 2 aromatic carbocycles. The van der Waals surface area contributed by atoms with Crippen molar-refractivity contribution in [2.75, 3.05) is 18.0 Å². The number of aryl methyl sites for hydroxylation is 2. The van der Waals surface area contributed by atoms with Crippen LogP contribution in [-0.4, -0.2) is 19.1 Å². The molecule has 1 fully saturated rings. The summed E-state index contributed by atoms with van der Waals surface area (Å²) in [6.45, 7) is 9.91. The summed E-state index contributed by atoms with van der Waals surface area (Å²) in [5.41, 5.74) is 3.67. The van der Waals surface area contributed by atoms with Gasteiger partial charge in [-0.1, -0.05) is 49.2 Å². The first kappa shape index (κ1) is 19.0. The normalized spacial score (nSPS) is 14.5. The number of carbonyl (C=O) groups excluding carboxylic acids is 1. The van der Waals surface area contributed by atoms with E-state index in [2.05, 4.69) is 36.1 Å². The zero-order valence-corrected chi connectivity index (χ0v) is 15.8. The van der Waals surface area contributed by atoms with E-state index >= 15 is 0 Å². The Kier molecular flexibility index (Phi) is 7.05. The fourth-order valence-corrected chi connectivity index (χ4v) is 2.93. The van der Waals surface area contributed by atoms with Crippen LogP contribution in [0.4, 0.5) is 5.69 Å². The minimum Gasteiger partial charge on any atom is -0.426 e. The minimum absolute atomic E-state index is 0.00185. The molecule has 134 valence electrons. The Hall–Kier alpha value is -2.29. The van der Waals surface area contributed by atoms with E-state index in [0.29, 0.717) is 5.75 Å². The lowest BCUT2D eigenvalue weighted by Crippen LogP contribution is -2.37. The molecule has 1 aliphatic heterocycles. The first-order valence-corrected chi connectivity index (χ1v) is 9.22. The quantitative estimate of drug-likeness (QED) is 0.572. The van der Waals surface area contributed by atoms with E-state index in [1.807, 2.05) is 45.0 Å². The maximum atomic E-state index is 12.3. The van der Waals surface area contributed by atoms with Gasteiger partial charge in [-0.2, -0.15) is 0 Å². The van der Waals surface area contributed by atoms with Crippen molar-refractivity contribution in [3.05, 3.63) is 59.7 Å². The first-order chi connectivity index (χ1) is 12.1. The van der Waals surface area contributed by atoms with Crippen molar-refractivity contribution in [2.24, 2.45) is 5.92 Å². The Labute approximate surface area is 151 Å². The number of ether oxygens (including phenoxy) is 1.